The van der Waals surface area contributed by atoms with E-state index >= 15 is 0 Å². The summed E-state index contributed by atoms with van der Waals surface area (Å²) in [5, 5.41) is 0. The molecule has 0 N–H and O–H groups in total. The van der Waals surface area contributed by atoms with Crippen molar-refractivity contribution in [3.05, 3.63) is 77.4 Å². The predicted molar refractivity (Wildman–Crippen MR) is 83.9 cm³/mol. The highest BCUT2D eigenvalue weighted by Gasteiger charge is 2.42. The average Bonchev–Trinajstić information content (AvgIpc) is 2.87. The van der Waals surface area contributed by atoms with Gasteiger partial charge >= 0.3 is 0 Å². The minimum atomic E-state index is -3.15. The number of hydrogen-bond donors (Lipinski definition) is 0. The molecule has 0 bridgehead atoms. The molecule has 0 aliphatic carbocycles. The molecule has 1 heterocycles. The summed E-state index contributed by atoms with van der Waals surface area (Å²) >= 11 is 0. The second kappa shape index (κ2) is 6.07. The topological polar surface area (TPSA) is 35.5 Å². The molecule has 114 valence electrons. The van der Waals surface area contributed by atoms with Gasteiger partial charge in [-0.1, -0.05) is 42.5 Å². The van der Waals surface area contributed by atoms with E-state index in [1.165, 1.54) is 12.1 Å². The van der Waals surface area contributed by atoms with E-state index in [0.717, 1.165) is 5.56 Å². The third-order valence-electron chi connectivity index (χ3n) is 3.41. The van der Waals surface area contributed by atoms with Gasteiger partial charge in [-0.05, 0) is 19.1 Å². The molecule has 2 aromatic carbocycles. The Morgan fingerprint density at radius 2 is 1.82 bits per heavy atom. The van der Waals surface area contributed by atoms with Gasteiger partial charge in [-0.25, -0.2) is 4.39 Å². The van der Waals surface area contributed by atoms with E-state index < -0.39 is 13.2 Å². The molecule has 1 aliphatic rings. The standard InChI is InChI=1S/C17H16FO3P/c1-2-20-22(19)12-16(13-6-4-3-5-7-13)21-17(22)14-8-10-15(18)11-9-14/h3-12,17H,2H2,1H3/t17-,22+/m1/s1. The molecule has 0 unspecified atom stereocenters. The van der Waals surface area contributed by atoms with Gasteiger partial charge in [-0.15, -0.1) is 0 Å². The molecular weight excluding hydrogens is 302 g/mol. The first kappa shape index (κ1) is 15.0. The molecule has 0 amide bonds. The summed E-state index contributed by atoms with van der Waals surface area (Å²) in [5.41, 5.74) is 1.48. The summed E-state index contributed by atoms with van der Waals surface area (Å²) in [5.74, 6) is 1.03. The zero-order chi connectivity index (χ0) is 15.6. The summed E-state index contributed by atoms with van der Waals surface area (Å²) < 4.78 is 37.6. The Morgan fingerprint density at radius 3 is 2.45 bits per heavy atom. The quantitative estimate of drug-likeness (QED) is 0.730. The first-order valence-electron chi connectivity index (χ1n) is 7.07. The molecule has 5 heteroatoms. The molecule has 0 spiro atoms. The largest absolute Gasteiger partial charge is 0.474 e. The molecular formula is C17H16FO3P. The van der Waals surface area contributed by atoms with Crippen molar-refractivity contribution in [2.75, 3.05) is 6.61 Å². The Labute approximate surface area is 128 Å². The zero-order valence-corrected chi connectivity index (χ0v) is 13.0. The summed E-state index contributed by atoms with van der Waals surface area (Å²) in [6, 6.07) is 15.3. The highest BCUT2D eigenvalue weighted by Crippen LogP contribution is 2.68. The van der Waals surface area contributed by atoms with Crippen LogP contribution in [0.15, 0.2) is 60.4 Å². The predicted octanol–water partition coefficient (Wildman–Crippen LogP) is 5.17. The Hall–Kier alpha value is -1.90. The molecule has 3 rings (SSSR count). The van der Waals surface area contributed by atoms with E-state index in [0.29, 0.717) is 17.9 Å². The maximum atomic E-state index is 13.1. The van der Waals surface area contributed by atoms with Crippen molar-refractivity contribution in [2.45, 2.75) is 12.8 Å². The lowest BCUT2D eigenvalue weighted by Gasteiger charge is -2.19. The van der Waals surface area contributed by atoms with E-state index in [9.17, 15) is 8.96 Å². The Balaban J connectivity index is 1.98. The fourth-order valence-corrected chi connectivity index (χ4v) is 4.54. The van der Waals surface area contributed by atoms with Gasteiger partial charge in [-0.2, -0.15) is 0 Å². The lowest BCUT2D eigenvalue weighted by atomic mass is 10.2. The van der Waals surface area contributed by atoms with Gasteiger partial charge in [0.05, 0.1) is 6.61 Å². The third-order valence-corrected chi connectivity index (χ3v) is 5.72. The lowest BCUT2D eigenvalue weighted by Crippen LogP contribution is -2.01. The van der Waals surface area contributed by atoms with Crippen LogP contribution in [-0.2, 0) is 13.8 Å². The van der Waals surface area contributed by atoms with Gasteiger partial charge in [-0.3, -0.25) is 4.57 Å². The van der Waals surface area contributed by atoms with Crippen molar-refractivity contribution < 1.29 is 18.2 Å². The van der Waals surface area contributed by atoms with Crippen LogP contribution in [0.1, 0.15) is 23.9 Å². The Kier molecular flexibility index (Phi) is 4.14. The van der Waals surface area contributed by atoms with Gasteiger partial charge < -0.3 is 9.26 Å². The molecule has 0 aromatic heterocycles. The van der Waals surface area contributed by atoms with Crippen LogP contribution in [0, 0.1) is 5.82 Å². The molecule has 0 saturated carbocycles. The van der Waals surface area contributed by atoms with Crippen molar-refractivity contribution in [1.29, 1.82) is 0 Å². The number of rotatable bonds is 4. The highest BCUT2D eigenvalue weighted by atomic mass is 31.2. The average molecular weight is 318 g/mol. The maximum Gasteiger partial charge on any atom is 0.272 e. The number of ether oxygens (including phenoxy) is 1. The summed E-state index contributed by atoms with van der Waals surface area (Å²) in [6.07, 6.45) is 0. The normalized spacial score (nSPS) is 23.9. The first-order chi connectivity index (χ1) is 10.6. The number of halogens is 1. The molecule has 2 atom stereocenters. The highest BCUT2D eigenvalue weighted by molar-refractivity contribution is 7.63. The van der Waals surface area contributed by atoms with Gasteiger partial charge in [0.2, 0.25) is 5.85 Å². The van der Waals surface area contributed by atoms with E-state index in [2.05, 4.69) is 0 Å². The van der Waals surface area contributed by atoms with Gasteiger partial charge in [0.25, 0.3) is 7.37 Å². The lowest BCUT2D eigenvalue weighted by molar-refractivity contribution is 0.221. The van der Waals surface area contributed by atoms with Crippen LogP contribution in [-0.4, -0.2) is 6.61 Å². The third kappa shape index (κ3) is 2.85. The molecule has 1 aliphatic heterocycles. The van der Waals surface area contributed by atoms with Crippen LogP contribution >= 0.6 is 7.37 Å². The fraction of sp³-hybridized carbons (Fsp3) is 0.176. The van der Waals surface area contributed by atoms with E-state index in [4.69, 9.17) is 9.26 Å². The van der Waals surface area contributed by atoms with Crippen LogP contribution in [0.2, 0.25) is 0 Å². The molecule has 0 fully saturated rings. The second-order valence-electron chi connectivity index (χ2n) is 4.94. The summed E-state index contributed by atoms with van der Waals surface area (Å²) in [4.78, 5) is 0. The van der Waals surface area contributed by atoms with Crippen LogP contribution in [0.4, 0.5) is 4.39 Å². The van der Waals surface area contributed by atoms with Gasteiger partial charge in [0.1, 0.15) is 11.6 Å². The molecule has 0 saturated heterocycles. The Bertz CT molecular complexity index is 725. The minimum absolute atomic E-state index is 0.316. The minimum Gasteiger partial charge on any atom is -0.474 e. The number of benzene rings is 2. The monoisotopic (exact) mass is 318 g/mol. The molecule has 22 heavy (non-hydrogen) atoms. The van der Waals surface area contributed by atoms with E-state index in [1.807, 2.05) is 30.3 Å². The summed E-state index contributed by atoms with van der Waals surface area (Å²) in [6.45, 7) is 2.10. The van der Waals surface area contributed by atoms with Crippen molar-refractivity contribution >= 4 is 13.1 Å². The zero-order valence-electron chi connectivity index (χ0n) is 12.1. The second-order valence-corrected chi connectivity index (χ2v) is 7.22. The maximum absolute atomic E-state index is 13.1. The van der Waals surface area contributed by atoms with E-state index in [1.54, 1.807) is 24.9 Å². The van der Waals surface area contributed by atoms with E-state index in [-0.39, 0.29) is 5.82 Å². The van der Waals surface area contributed by atoms with Gasteiger partial charge in [0, 0.05) is 16.9 Å². The molecule has 0 radical (unpaired) electrons. The van der Waals surface area contributed by atoms with Crippen LogP contribution in [0.5, 0.6) is 0 Å². The van der Waals surface area contributed by atoms with Crippen LogP contribution in [0.3, 0.4) is 0 Å². The van der Waals surface area contributed by atoms with Crippen LogP contribution in [0.25, 0.3) is 5.76 Å². The Morgan fingerprint density at radius 1 is 1.14 bits per heavy atom. The van der Waals surface area contributed by atoms with Crippen molar-refractivity contribution in [1.82, 2.24) is 0 Å². The molecule has 2 aromatic rings. The smallest absolute Gasteiger partial charge is 0.272 e. The van der Waals surface area contributed by atoms with Crippen molar-refractivity contribution in [3.63, 3.8) is 0 Å². The van der Waals surface area contributed by atoms with Crippen molar-refractivity contribution in [3.8, 4) is 0 Å². The van der Waals surface area contributed by atoms with Crippen molar-refractivity contribution in [2.24, 2.45) is 0 Å². The summed E-state index contributed by atoms with van der Waals surface area (Å²) in [7, 11) is -3.15. The first-order valence-corrected chi connectivity index (χ1v) is 8.83. The number of hydrogen-bond acceptors (Lipinski definition) is 3. The fourth-order valence-electron chi connectivity index (χ4n) is 2.41. The SMILES string of the molecule is CCO[P@@]1(=O)C=C(c2ccccc2)O[C@H]1c1ccc(F)cc1. The van der Waals surface area contributed by atoms with Crippen LogP contribution < -0.4 is 0 Å². The molecule has 3 nitrogen and oxygen atoms in total. The van der Waals surface area contributed by atoms with Gasteiger partial charge in [0.15, 0.2) is 0 Å².